The van der Waals surface area contributed by atoms with E-state index in [9.17, 15) is 14.0 Å². The molecule has 4 rings (SSSR count). The number of carbonyl (C=O) groups is 2. The van der Waals surface area contributed by atoms with Crippen LogP contribution in [0.2, 0.25) is 0 Å². The van der Waals surface area contributed by atoms with E-state index in [0.717, 1.165) is 11.1 Å². The molecule has 0 aliphatic rings. The van der Waals surface area contributed by atoms with E-state index in [0.29, 0.717) is 16.9 Å². The zero-order valence-corrected chi connectivity index (χ0v) is 18.8. The van der Waals surface area contributed by atoms with E-state index >= 15 is 0 Å². The van der Waals surface area contributed by atoms with Gasteiger partial charge in [0.25, 0.3) is 11.8 Å². The Bertz CT molecular complexity index is 1280. The number of benzene rings is 3. The van der Waals surface area contributed by atoms with Crippen molar-refractivity contribution in [3.8, 4) is 0 Å². The molecule has 2 amide bonds. The lowest BCUT2D eigenvalue weighted by molar-refractivity contribution is -0.117. The van der Waals surface area contributed by atoms with E-state index in [2.05, 4.69) is 15.3 Å². The van der Waals surface area contributed by atoms with Gasteiger partial charge in [-0.3, -0.25) is 19.5 Å². The highest BCUT2D eigenvalue weighted by Crippen LogP contribution is 2.31. The average molecular weight is 455 g/mol. The second-order valence-electron chi connectivity index (χ2n) is 7.92. The summed E-state index contributed by atoms with van der Waals surface area (Å²) < 4.78 is 13.4. The Balaban J connectivity index is 1.85. The quantitative estimate of drug-likeness (QED) is 0.431. The van der Waals surface area contributed by atoms with E-state index in [4.69, 9.17) is 0 Å². The first-order valence-corrected chi connectivity index (χ1v) is 10.7. The number of aryl methyl sites for hydroxylation is 2. The SMILES string of the molecule is Cc1cc(C)cc(N(C(=O)c2cnccn2)[C@@H](C(=O)Nc2ccc(F)cc2)c2ccccc2)c1. The van der Waals surface area contributed by atoms with Crippen molar-refractivity contribution in [2.75, 3.05) is 10.2 Å². The first kappa shape index (κ1) is 22.8. The van der Waals surface area contributed by atoms with Crippen LogP contribution in [0.25, 0.3) is 0 Å². The number of anilines is 2. The van der Waals surface area contributed by atoms with Crippen LogP contribution in [0.1, 0.15) is 33.2 Å². The smallest absolute Gasteiger partial charge is 0.279 e. The minimum Gasteiger partial charge on any atom is -0.324 e. The lowest BCUT2D eigenvalue weighted by Crippen LogP contribution is -2.42. The fraction of sp³-hybridized carbons (Fsp3) is 0.111. The molecule has 0 fully saturated rings. The highest BCUT2D eigenvalue weighted by atomic mass is 19.1. The molecule has 0 aliphatic carbocycles. The largest absolute Gasteiger partial charge is 0.324 e. The Morgan fingerprint density at radius 2 is 1.59 bits per heavy atom. The summed E-state index contributed by atoms with van der Waals surface area (Å²) in [6, 6.07) is 19.2. The predicted octanol–water partition coefficient (Wildman–Crippen LogP) is 5.26. The van der Waals surface area contributed by atoms with Gasteiger partial charge in [-0.15, -0.1) is 0 Å². The molecular weight excluding hydrogens is 431 g/mol. The first-order valence-electron chi connectivity index (χ1n) is 10.7. The third-order valence-electron chi connectivity index (χ3n) is 5.22. The van der Waals surface area contributed by atoms with Crippen LogP contribution in [0, 0.1) is 19.7 Å². The molecule has 6 nitrogen and oxygen atoms in total. The lowest BCUT2D eigenvalue weighted by atomic mass is 10.0. The Morgan fingerprint density at radius 3 is 2.21 bits per heavy atom. The van der Waals surface area contributed by atoms with Crippen molar-refractivity contribution in [2.24, 2.45) is 0 Å². The van der Waals surface area contributed by atoms with Gasteiger partial charge in [0.15, 0.2) is 0 Å². The molecule has 1 atom stereocenters. The van der Waals surface area contributed by atoms with E-state index in [1.807, 2.05) is 38.1 Å². The van der Waals surface area contributed by atoms with Gasteiger partial charge < -0.3 is 5.32 Å². The van der Waals surface area contributed by atoms with Crippen molar-refractivity contribution < 1.29 is 14.0 Å². The van der Waals surface area contributed by atoms with Gasteiger partial charge in [-0.25, -0.2) is 9.37 Å². The third-order valence-corrected chi connectivity index (χ3v) is 5.22. The van der Waals surface area contributed by atoms with Crippen molar-refractivity contribution in [1.29, 1.82) is 0 Å². The molecule has 0 spiro atoms. The molecule has 1 heterocycles. The third kappa shape index (κ3) is 5.15. The van der Waals surface area contributed by atoms with E-state index in [-0.39, 0.29) is 5.69 Å². The van der Waals surface area contributed by atoms with Crippen molar-refractivity contribution >= 4 is 23.2 Å². The fourth-order valence-electron chi connectivity index (χ4n) is 3.80. The number of amides is 2. The summed E-state index contributed by atoms with van der Waals surface area (Å²) in [5, 5.41) is 2.82. The summed E-state index contributed by atoms with van der Waals surface area (Å²) in [5.41, 5.74) is 3.57. The molecule has 1 aromatic heterocycles. The molecule has 0 unspecified atom stereocenters. The Kier molecular flexibility index (Phi) is 6.73. The number of hydrogen-bond donors (Lipinski definition) is 1. The number of aromatic nitrogens is 2. The maximum absolute atomic E-state index is 13.8. The van der Waals surface area contributed by atoms with E-state index in [1.54, 1.807) is 24.3 Å². The molecule has 0 radical (unpaired) electrons. The van der Waals surface area contributed by atoms with Gasteiger partial charge in [0.05, 0.1) is 6.20 Å². The van der Waals surface area contributed by atoms with Gasteiger partial charge in [-0.1, -0.05) is 36.4 Å². The van der Waals surface area contributed by atoms with Crippen LogP contribution >= 0.6 is 0 Å². The van der Waals surface area contributed by atoms with Gasteiger partial charge in [0.1, 0.15) is 17.6 Å². The van der Waals surface area contributed by atoms with Gasteiger partial charge in [0, 0.05) is 23.8 Å². The molecule has 0 saturated carbocycles. The molecule has 4 aromatic rings. The maximum atomic E-state index is 13.8. The van der Waals surface area contributed by atoms with Crippen molar-refractivity contribution in [3.63, 3.8) is 0 Å². The molecule has 170 valence electrons. The highest BCUT2D eigenvalue weighted by Gasteiger charge is 2.34. The summed E-state index contributed by atoms with van der Waals surface area (Å²) in [7, 11) is 0. The number of nitrogens with one attached hydrogen (secondary N) is 1. The van der Waals surface area contributed by atoms with Crippen LogP contribution in [0.5, 0.6) is 0 Å². The number of nitrogens with zero attached hydrogens (tertiary/aromatic N) is 3. The molecule has 7 heteroatoms. The monoisotopic (exact) mass is 454 g/mol. The van der Waals surface area contributed by atoms with Crippen LogP contribution in [0.3, 0.4) is 0 Å². The molecule has 3 aromatic carbocycles. The Labute approximate surface area is 197 Å². The number of carbonyl (C=O) groups excluding carboxylic acids is 2. The normalized spacial score (nSPS) is 11.5. The number of halogens is 1. The Hall–Kier alpha value is -4.39. The highest BCUT2D eigenvalue weighted by molar-refractivity contribution is 6.11. The predicted molar refractivity (Wildman–Crippen MR) is 129 cm³/mol. The second kappa shape index (κ2) is 10.0. The molecule has 1 N–H and O–H groups in total. The van der Waals surface area contributed by atoms with Crippen LogP contribution in [-0.4, -0.2) is 21.8 Å². The first-order chi connectivity index (χ1) is 16.4. The van der Waals surface area contributed by atoms with Crippen molar-refractivity contribution in [2.45, 2.75) is 19.9 Å². The summed E-state index contributed by atoms with van der Waals surface area (Å²) in [4.78, 5) is 37.1. The average Bonchev–Trinajstić information content (AvgIpc) is 2.84. The topological polar surface area (TPSA) is 75.2 Å². The molecular formula is C27H23FN4O2. The minimum atomic E-state index is -1.03. The van der Waals surface area contributed by atoms with Crippen LogP contribution in [0.4, 0.5) is 15.8 Å². The zero-order valence-electron chi connectivity index (χ0n) is 18.8. The van der Waals surface area contributed by atoms with Crippen molar-refractivity contribution in [3.05, 3.63) is 120 Å². The molecule has 0 bridgehead atoms. The minimum absolute atomic E-state index is 0.108. The van der Waals surface area contributed by atoms with Gasteiger partial charge in [-0.05, 0) is 66.9 Å². The molecule has 0 aliphatic heterocycles. The standard InChI is InChI=1S/C27H23FN4O2/c1-18-14-19(2)16-23(15-18)32(27(34)24-17-29-12-13-30-24)25(20-6-4-3-5-7-20)26(33)31-22-10-8-21(28)9-11-22/h3-17,25H,1-2H3,(H,31,33)/t25-/m1/s1. The van der Waals surface area contributed by atoms with Crippen LogP contribution in [-0.2, 0) is 4.79 Å². The zero-order chi connectivity index (χ0) is 24.1. The van der Waals surface area contributed by atoms with Crippen LogP contribution < -0.4 is 10.2 Å². The lowest BCUT2D eigenvalue weighted by Gasteiger charge is -2.31. The summed E-state index contributed by atoms with van der Waals surface area (Å²) in [5.74, 6) is -1.33. The van der Waals surface area contributed by atoms with Gasteiger partial charge in [-0.2, -0.15) is 0 Å². The summed E-state index contributed by atoms with van der Waals surface area (Å²) in [6.07, 6.45) is 4.29. The Morgan fingerprint density at radius 1 is 0.912 bits per heavy atom. The molecule has 0 saturated heterocycles. The maximum Gasteiger partial charge on any atom is 0.279 e. The van der Waals surface area contributed by atoms with Gasteiger partial charge >= 0.3 is 0 Å². The number of rotatable bonds is 6. The van der Waals surface area contributed by atoms with E-state index in [1.165, 1.54) is 47.8 Å². The summed E-state index contributed by atoms with van der Waals surface area (Å²) >= 11 is 0. The summed E-state index contributed by atoms with van der Waals surface area (Å²) in [6.45, 7) is 3.86. The second-order valence-corrected chi connectivity index (χ2v) is 7.92. The number of hydrogen-bond acceptors (Lipinski definition) is 4. The molecule has 34 heavy (non-hydrogen) atoms. The van der Waals surface area contributed by atoms with Gasteiger partial charge in [0.2, 0.25) is 0 Å². The van der Waals surface area contributed by atoms with E-state index < -0.39 is 23.7 Å². The van der Waals surface area contributed by atoms with Crippen molar-refractivity contribution in [1.82, 2.24) is 9.97 Å². The van der Waals surface area contributed by atoms with Crippen LogP contribution in [0.15, 0.2) is 91.4 Å². The fourth-order valence-corrected chi connectivity index (χ4v) is 3.80.